The lowest BCUT2D eigenvalue weighted by atomic mass is 10.0. The molecule has 0 aliphatic heterocycles. The molecule has 110 valence electrons. The summed E-state index contributed by atoms with van der Waals surface area (Å²) >= 11 is 6.11. The van der Waals surface area contributed by atoms with Crippen molar-refractivity contribution < 1.29 is 4.39 Å². The van der Waals surface area contributed by atoms with Crippen LogP contribution in [0.25, 0.3) is 22.5 Å². The minimum atomic E-state index is -0.320. The third kappa shape index (κ3) is 2.89. The molecule has 0 aliphatic rings. The van der Waals surface area contributed by atoms with Crippen molar-refractivity contribution in [3.63, 3.8) is 0 Å². The van der Waals surface area contributed by atoms with Crippen LogP contribution in [0.1, 0.15) is 5.56 Å². The summed E-state index contributed by atoms with van der Waals surface area (Å²) in [5.74, 6) is -0.263. The Morgan fingerprint density at radius 3 is 2.36 bits per heavy atom. The molecule has 22 heavy (non-hydrogen) atoms. The zero-order valence-corrected chi connectivity index (χ0v) is 12.5. The van der Waals surface area contributed by atoms with E-state index in [4.69, 9.17) is 17.3 Å². The van der Waals surface area contributed by atoms with Crippen LogP contribution in [0.3, 0.4) is 0 Å². The van der Waals surface area contributed by atoms with Crippen LogP contribution in [0.15, 0.2) is 42.5 Å². The third-order valence-electron chi connectivity index (χ3n) is 3.14. The molecule has 0 radical (unpaired) electrons. The first kappa shape index (κ1) is 14.4. The Morgan fingerprint density at radius 2 is 1.68 bits per heavy atom. The summed E-state index contributed by atoms with van der Waals surface area (Å²) in [6, 6.07) is 11.5. The van der Waals surface area contributed by atoms with Gasteiger partial charge in [0.2, 0.25) is 5.95 Å². The summed E-state index contributed by atoms with van der Waals surface area (Å²) in [5, 5.41) is 8.55. The number of hydrogen-bond acceptors (Lipinski definition) is 4. The van der Waals surface area contributed by atoms with Crippen molar-refractivity contribution in [2.75, 3.05) is 5.73 Å². The first-order valence-electron chi connectivity index (χ1n) is 6.56. The van der Waals surface area contributed by atoms with Gasteiger partial charge in [-0.25, -0.2) is 9.37 Å². The van der Waals surface area contributed by atoms with Crippen LogP contribution in [-0.2, 0) is 0 Å². The summed E-state index contributed by atoms with van der Waals surface area (Å²) in [5.41, 5.74) is 9.21. The van der Waals surface area contributed by atoms with Gasteiger partial charge >= 0.3 is 0 Å². The molecule has 0 fully saturated rings. The number of nitrogens with zero attached hydrogens (tertiary/aromatic N) is 3. The SMILES string of the molecule is Cc1cc(Cl)cc(-c2nnc(N)nc2-c2ccc(F)cc2)c1. The number of nitrogen functional groups attached to an aromatic ring is 1. The number of benzene rings is 2. The third-order valence-corrected chi connectivity index (χ3v) is 3.35. The Kier molecular flexibility index (Phi) is 3.73. The molecule has 4 nitrogen and oxygen atoms in total. The predicted octanol–water partition coefficient (Wildman–Crippen LogP) is 3.89. The summed E-state index contributed by atoms with van der Waals surface area (Å²) in [4.78, 5) is 4.25. The number of hydrogen-bond donors (Lipinski definition) is 1. The van der Waals surface area contributed by atoms with Crippen molar-refractivity contribution in [2.45, 2.75) is 6.92 Å². The minimum absolute atomic E-state index is 0.0572. The van der Waals surface area contributed by atoms with Gasteiger partial charge in [0.05, 0.1) is 0 Å². The maximum Gasteiger partial charge on any atom is 0.240 e. The van der Waals surface area contributed by atoms with Crippen LogP contribution in [0.5, 0.6) is 0 Å². The summed E-state index contributed by atoms with van der Waals surface area (Å²) < 4.78 is 13.1. The summed E-state index contributed by atoms with van der Waals surface area (Å²) in [6.45, 7) is 1.94. The van der Waals surface area contributed by atoms with Crippen molar-refractivity contribution in [3.05, 3.63) is 58.9 Å². The van der Waals surface area contributed by atoms with Crippen LogP contribution in [0.2, 0.25) is 5.02 Å². The molecule has 2 N–H and O–H groups in total. The maximum absolute atomic E-state index is 13.1. The number of aromatic nitrogens is 3. The normalized spacial score (nSPS) is 10.7. The molecule has 1 heterocycles. The molecular formula is C16H12ClFN4. The fraction of sp³-hybridized carbons (Fsp3) is 0.0625. The topological polar surface area (TPSA) is 64.7 Å². The number of aryl methyl sites for hydroxylation is 1. The molecule has 0 saturated heterocycles. The Morgan fingerprint density at radius 1 is 0.955 bits per heavy atom. The molecule has 0 atom stereocenters. The smallest absolute Gasteiger partial charge is 0.240 e. The van der Waals surface area contributed by atoms with Crippen LogP contribution in [-0.4, -0.2) is 15.2 Å². The van der Waals surface area contributed by atoms with Crippen LogP contribution >= 0.6 is 11.6 Å². The number of nitrogens with two attached hydrogens (primary N) is 1. The number of halogens is 2. The quantitative estimate of drug-likeness (QED) is 0.779. The van der Waals surface area contributed by atoms with Crippen molar-refractivity contribution in [1.82, 2.24) is 15.2 Å². The summed E-state index contributed by atoms with van der Waals surface area (Å²) in [6.07, 6.45) is 0. The monoisotopic (exact) mass is 314 g/mol. The number of anilines is 1. The highest BCUT2D eigenvalue weighted by molar-refractivity contribution is 6.31. The van der Waals surface area contributed by atoms with E-state index in [2.05, 4.69) is 15.2 Å². The van der Waals surface area contributed by atoms with E-state index in [9.17, 15) is 4.39 Å². The Bertz CT molecular complexity index is 814. The highest BCUT2D eigenvalue weighted by atomic mass is 35.5. The Hall–Kier alpha value is -2.53. The van der Waals surface area contributed by atoms with Crippen molar-refractivity contribution in [3.8, 4) is 22.5 Å². The van der Waals surface area contributed by atoms with E-state index in [-0.39, 0.29) is 11.8 Å². The van der Waals surface area contributed by atoms with Gasteiger partial charge in [-0.3, -0.25) is 0 Å². The molecule has 3 aromatic rings. The van der Waals surface area contributed by atoms with Gasteiger partial charge in [-0.1, -0.05) is 11.6 Å². The van der Waals surface area contributed by atoms with E-state index in [0.717, 1.165) is 11.1 Å². The average molecular weight is 315 g/mol. The highest BCUT2D eigenvalue weighted by Gasteiger charge is 2.13. The predicted molar refractivity (Wildman–Crippen MR) is 84.8 cm³/mol. The van der Waals surface area contributed by atoms with E-state index in [1.165, 1.54) is 12.1 Å². The average Bonchev–Trinajstić information content (AvgIpc) is 2.47. The lowest BCUT2D eigenvalue weighted by Crippen LogP contribution is -2.02. The zero-order valence-electron chi connectivity index (χ0n) is 11.7. The lowest BCUT2D eigenvalue weighted by molar-refractivity contribution is 0.628. The molecule has 0 saturated carbocycles. The molecular weight excluding hydrogens is 303 g/mol. The van der Waals surface area contributed by atoms with Gasteiger partial charge in [0, 0.05) is 16.1 Å². The van der Waals surface area contributed by atoms with Crippen molar-refractivity contribution in [1.29, 1.82) is 0 Å². The lowest BCUT2D eigenvalue weighted by Gasteiger charge is -2.09. The van der Waals surface area contributed by atoms with Gasteiger partial charge in [-0.15, -0.1) is 10.2 Å². The van der Waals surface area contributed by atoms with Crippen molar-refractivity contribution in [2.24, 2.45) is 0 Å². The molecule has 0 amide bonds. The van der Waals surface area contributed by atoms with Gasteiger partial charge < -0.3 is 5.73 Å². The maximum atomic E-state index is 13.1. The van der Waals surface area contributed by atoms with E-state index in [1.807, 2.05) is 19.1 Å². The van der Waals surface area contributed by atoms with Crippen LogP contribution in [0, 0.1) is 12.7 Å². The van der Waals surface area contributed by atoms with Gasteiger partial charge in [-0.2, -0.15) is 0 Å². The van der Waals surface area contributed by atoms with Crippen LogP contribution in [0.4, 0.5) is 10.3 Å². The van der Waals surface area contributed by atoms with Gasteiger partial charge in [0.25, 0.3) is 0 Å². The Labute approximate surface area is 131 Å². The first-order chi connectivity index (χ1) is 10.5. The number of rotatable bonds is 2. The molecule has 0 unspecified atom stereocenters. The Balaban J connectivity index is 2.22. The van der Waals surface area contributed by atoms with Gasteiger partial charge in [0.15, 0.2) is 0 Å². The van der Waals surface area contributed by atoms with Gasteiger partial charge in [-0.05, 0) is 55.0 Å². The van der Waals surface area contributed by atoms with Gasteiger partial charge in [0.1, 0.15) is 17.2 Å². The second-order valence-electron chi connectivity index (χ2n) is 4.89. The standard InChI is InChI=1S/C16H12ClFN4/c1-9-6-11(8-12(17)7-9)15-14(20-16(19)22-21-15)10-2-4-13(18)5-3-10/h2-8H,1H3,(H2,19,20,22). The molecule has 6 heteroatoms. The molecule has 0 spiro atoms. The fourth-order valence-corrected chi connectivity index (χ4v) is 2.50. The molecule has 0 aliphatic carbocycles. The minimum Gasteiger partial charge on any atom is -0.366 e. The molecule has 1 aromatic heterocycles. The largest absolute Gasteiger partial charge is 0.366 e. The molecule has 0 bridgehead atoms. The van der Waals surface area contributed by atoms with Crippen molar-refractivity contribution >= 4 is 17.5 Å². The van der Waals surface area contributed by atoms with E-state index in [1.54, 1.807) is 18.2 Å². The van der Waals surface area contributed by atoms with E-state index < -0.39 is 0 Å². The molecule has 3 rings (SSSR count). The first-order valence-corrected chi connectivity index (χ1v) is 6.94. The van der Waals surface area contributed by atoms with Crippen LogP contribution < -0.4 is 5.73 Å². The second-order valence-corrected chi connectivity index (χ2v) is 5.33. The zero-order chi connectivity index (χ0) is 15.7. The highest BCUT2D eigenvalue weighted by Crippen LogP contribution is 2.31. The van der Waals surface area contributed by atoms with E-state index in [0.29, 0.717) is 22.0 Å². The second kappa shape index (κ2) is 5.69. The fourth-order valence-electron chi connectivity index (χ4n) is 2.21. The summed E-state index contributed by atoms with van der Waals surface area (Å²) in [7, 11) is 0. The van der Waals surface area contributed by atoms with E-state index >= 15 is 0 Å². The molecule has 2 aromatic carbocycles.